The highest BCUT2D eigenvalue weighted by atomic mass is 79.9. The third-order valence-electron chi connectivity index (χ3n) is 4.85. The standard InChI is InChI=1S/C20H18BrN3O2/c1-2-12-3-8-17-16(9-12)20(26)23-19(22-17)13-10-18(25)24(11-13)15-6-4-14(21)5-7-15/h3-9,13H,2,10-11H2,1H3,(H,22,23,26)/t13-/m0/s1. The minimum Gasteiger partial charge on any atom is -0.312 e. The molecule has 2 heterocycles. The van der Waals surface area contributed by atoms with Crippen LogP contribution < -0.4 is 10.5 Å². The van der Waals surface area contributed by atoms with Gasteiger partial charge in [0.25, 0.3) is 5.56 Å². The second-order valence-corrected chi connectivity index (χ2v) is 7.45. The third-order valence-corrected chi connectivity index (χ3v) is 5.38. The molecule has 0 spiro atoms. The fraction of sp³-hybridized carbons (Fsp3) is 0.250. The molecule has 4 rings (SSSR count). The number of rotatable bonds is 3. The Kier molecular flexibility index (Phi) is 4.36. The number of benzene rings is 2. The molecule has 0 aliphatic carbocycles. The highest BCUT2D eigenvalue weighted by Crippen LogP contribution is 2.31. The number of aromatic nitrogens is 2. The number of hydrogen-bond donors (Lipinski definition) is 1. The van der Waals surface area contributed by atoms with E-state index in [2.05, 4.69) is 32.8 Å². The van der Waals surface area contributed by atoms with Crippen LogP contribution in [0.5, 0.6) is 0 Å². The number of hydrogen-bond acceptors (Lipinski definition) is 3. The molecule has 1 N–H and O–H groups in total. The normalized spacial score (nSPS) is 17.2. The van der Waals surface area contributed by atoms with Gasteiger partial charge in [-0.25, -0.2) is 4.98 Å². The molecule has 1 amide bonds. The molecule has 6 heteroatoms. The zero-order valence-corrected chi connectivity index (χ0v) is 15.9. The summed E-state index contributed by atoms with van der Waals surface area (Å²) in [7, 11) is 0. The van der Waals surface area contributed by atoms with Crippen LogP contribution in [-0.2, 0) is 11.2 Å². The molecule has 0 unspecified atom stereocenters. The van der Waals surface area contributed by atoms with Crippen molar-refractivity contribution in [1.82, 2.24) is 9.97 Å². The number of halogens is 1. The van der Waals surface area contributed by atoms with E-state index in [0.29, 0.717) is 29.7 Å². The lowest BCUT2D eigenvalue weighted by molar-refractivity contribution is -0.117. The summed E-state index contributed by atoms with van der Waals surface area (Å²) in [6.45, 7) is 2.57. The van der Waals surface area contributed by atoms with Gasteiger partial charge >= 0.3 is 0 Å². The predicted molar refractivity (Wildman–Crippen MR) is 106 cm³/mol. The molecule has 3 aromatic rings. The molecular weight excluding hydrogens is 394 g/mol. The maximum absolute atomic E-state index is 12.5. The van der Waals surface area contributed by atoms with Crippen molar-refractivity contribution in [2.24, 2.45) is 0 Å². The number of nitrogens with one attached hydrogen (secondary N) is 1. The Balaban J connectivity index is 1.67. The van der Waals surface area contributed by atoms with Crippen LogP contribution in [0.15, 0.2) is 51.7 Å². The third kappa shape index (κ3) is 3.05. The highest BCUT2D eigenvalue weighted by Gasteiger charge is 2.33. The number of fused-ring (bicyclic) bond motifs is 1. The maximum atomic E-state index is 12.5. The van der Waals surface area contributed by atoms with Crippen molar-refractivity contribution in [1.29, 1.82) is 0 Å². The summed E-state index contributed by atoms with van der Waals surface area (Å²) in [5.41, 5.74) is 2.50. The van der Waals surface area contributed by atoms with E-state index in [1.165, 1.54) is 0 Å². The van der Waals surface area contributed by atoms with Crippen LogP contribution in [0.1, 0.15) is 30.7 Å². The van der Waals surface area contributed by atoms with Crippen molar-refractivity contribution < 1.29 is 4.79 Å². The first-order chi connectivity index (χ1) is 12.5. The minimum atomic E-state index is -0.144. The molecule has 1 aliphatic heterocycles. The van der Waals surface area contributed by atoms with Gasteiger partial charge in [-0.2, -0.15) is 0 Å². The van der Waals surface area contributed by atoms with Crippen LogP contribution in [0.2, 0.25) is 0 Å². The molecule has 1 fully saturated rings. The Labute approximate surface area is 159 Å². The van der Waals surface area contributed by atoms with Gasteiger partial charge in [-0.05, 0) is 48.4 Å². The summed E-state index contributed by atoms with van der Waals surface area (Å²) < 4.78 is 0.969. The fourth-order valence-electron chi connectivity index (χ4n) is 3.38. The Morgan fingerprint density at radius 2 is 1.96 bits per heavy atom. The molecule has 26 heavy (non-hydrogen) atoms. The van der Waals surface area contributed by atoms with Crippen LogP contribution in [0, 0.1) is 0 Å². The Morgan fingerprint density at radius 3 is 2.69 bits per heavy atom. The average molecular weight is 412 g/mol. The zero-order chi connectivity index (χ0) is 18.3. The first kappa shape index (κ1) is 17.0. The van der Waals surface area contributed by atoms with Gasteiger partial charge in [0.1, 0.15) is 5.82 Å². The van der Waals surface area contributed by atoms with E-state index in [9.17, 15) is 9.59 Å². The summed E-state index contributed by atoms with van der Waals surface area (Å²) >= 11 is 3.41. The summed E-state index contributed by atoms with van der Waals surface area (Å²) in [6.07, 6.45) is 1.22. The van der Waals surface area contributed by atoms with E-state index in [0.717, 1.165) is 22.1 Å². The number of aromatic amines is 1. The van der Waals surface area contributed by atoms with E-state index in [1.807, 2.05) is 42.5 Å². The fourth-order valence-corrected chi connectivity index (χ4v) is 3.64. The Bertz CT molecular complexity index is 1040. The summed E-state index contributed by atoms with van der Waals surface area (Å²) in [5.74, 6) is 0.509. The van der Waals surface area contributed by atoms with Crippen molar-refractivity contribution in [2.75, 3.05) is 11.4 Å². The zero-order valence-electron chi connectivity index (χ0n) is 14.3. The SMILES string of the molecule is CCc1ccc2nc([C@H]3CC(=O)N(c4ccc(Br)cc4)C3)[nH]c(=O)c2c1. The first-order valence-electron chi connectivity index (χ1n) is 8.64. The number of aryl methyl sites for hydroxylation is 1. The van der Waals surface area contributed by atoms with E-state index in [1.54, 1.807) is 4.90 Å². The lowest BCUT2D eigenvalue weighted by atomic mass is 10.1. The highest BCUT2D eigenvalue weighted by molar-refractivity contribution is 9.10. The largest absolute Gasteiger partial charge is 0.312 e. The van der Waals surface area contributed by atoms with E-state index in [4.69, 9.17) is 0 Å². The smallest absolute Gasteiger partial charge is 0.258 e. The molecule has 1 atom stereocenters. The van der Waals surface area contributed by atoms with Crippen molar-refractivity contribution in [3.05, 3.63) is 68.7 Å². The second kappa shape index (κ2) is 6.68. The topological polar surface area (TPSA) is 66.1 Å². The lowest BCUT2D eigenvalue weighted by Crippen LogP contribution is -2.24. The van der Waals surface area contributed by atoms with Gasteiger partial charge in [0.15, 0.2) is 0 Å². The first-order valence-corrected chi connectivity index (χ1v) is 9.43. The van der Waals surface area contributed by atoms with Crippen LogP contribution in [0.4, 0.5) is 5.69 Å². The maximum Gasteiger partial charge on any atom is 0.258 e. The van der Waals surface area contributed by atoms with Gasteiger partial charge in [0.2, 0.25) is 5.91 Å². The van der Waals surface area contributed by atoms with Gasteiger partial charge in [-0.15, -0.1) is 0 Å². The molecule has 1 aromatic heterocycles. The summed E-state index contributed by atoms with van der Waals surface area (Å²) in [4.78, 5) is 34.2. The summed E-state index contributed by atoms with van der Waals surface area (Å²) in [6, 6.07) is 13.4. The Hall–Kier alpha value is -2.47. The van der Waals surface area contributed by atoms with Crippen LogP contribution in [0.25, 0.3) is 10.9 Å². The minimum absolute atomic E-state index is 0.0430. The second-order valence-electron chi connectivity index (χ2n) is 6.54. The number of amides is 1. The molecule has 1 saturated heterocycles. The summed E-state index contributed by atoms with van der Waals surface area (Å²) in [5, 5.41) is 0.599. The molecule has 132 valence electrons. The number of carbonyl (C=O) groups is 1. The average Bonchev–Trinajstić information content (AvgIpc) is 3.04. The van der Waals surface area contributed by atoms with E-state index in [-0.39, 0.29) is 17.4 Å². The van der Waals surface area contributed by atoms with Gasteiger partial charge in [0, 0.05) is 29.0 Å². The number of nitrogens with zero attached hydrogens (tertiary/aromatic N) is 2. The molecule has 5 nitrogen and oxygen atoms in total. The number of anilines is 1. The molecule has 2 aromatic carbocycles. The molecule has 1 aliphatic rings. The molecule has 0 bridgehead atoms. The molecular formula is C20H18BrN3O2. The molecule has 0 radical (unpaired) electrons. The number of H-pyrrole nitrogens is 1. The van der Waals surface area contributed by atoms with E-state index < -0.39 is 0 Å². The van der Waals surface area contributed by atoms with Crippen LogP contribution in [-0.4, -0.2) is 22.4 Å². The van der Waals surface area contributed by atoms with Gasteiger partial charge in [0.05, 0.1) is 10.9 Å². The Morgan fingerprint density at radius 1 is 1.19 bits per heavy atom. The lowest BCUT2D eigenvalue weighted by Gasteiger charge is -2.16. The van der Waals surface area contributed by atoms with Crippen molar-refractivity contribution in [3.63, 3.8) is 0 Å². The monoisotopic (exact) mass is 411 g/mol. The van der Waals surface area contributed by atoms with Gasteiger partial charge in [-0.1, -0.05) is 28.9 Å². The van der Waals surface area contributed by atoms with Crippen LogP contribution in [0.3, 0.4) is 0 Å². The molecule has 0 saturated carbocycles. The van der Waals surface area contributed by atoms with Crippen molar-refractivity contribution >= 4 is 38.4 Å². The quantitative estimate of drug-likeness (QED) is 0.713. The number of carbonyl (C=O) groups excluding carboxylic acids is 1. The van der Waals surface area contributed by atoms with Crippen molar-refractivity contribution in [2.45, 2.75) is 25.7 Å². The van der Waals surface area contributed by atoms with Gasteiger partial charge in [-0.3, -0.25) is 9.59 Å². The van der Waals surface area contributed by atoms with Gasteiger partial charge < -0.3 is 9.88 Å². The van der Waals surface area contributed by atoms with Crippen molar-refractivity contribution in [3.8, 4) is 0 Å². The van der Waals surface area contributed by atoms with E-state index >= 15 is 0 Å². The predicted octanol–water partition coefficient (Wildman–Crippen LogP) is 3.77. The van der Waals surface area contributed by atoms with Crippen LogP contribution >= 0.6 is 15.9 Å².